The van der Waals surface area contributed by atoms with Crippen LogP contribution in [-0.2, 0) is 10.0 Å². The van der Waals surface area contributed by atoms with E-state index < -0.39 is 10.0 Å². The Labute approximate surface area is 126 Å². The number of likely N-dealkylation sites (tertiary alicyclic amines) is 1. The van der Waals surface area contributed by atoms with Crippen molar-refractivity contribution < 1.29 is 13.2 Å². The number of piperidine rings is 1. The van der Waals surface area contributed by atoms with Gasteiger partial charge in [0.05, 0.1) is 4.90 Å². The largest absolute Gasteiger partial charge is 0.302 e. The summed E-state index contributed by atoms with van der Waals surface area (Å²) in [6.45, 7) is 2.90. The zero-order valence-electron chi connectivity index (χ0n) is 12.5. The summed E-state index contributed by atoms with van der Waals surface area (Å²) in [5, 5.41) is 0. The lowest BCUT2D eigenvalue weighted by Crippen LogP contribution is -2.44. The molecular weight excluding hydrogens is 288 g/mol. The molecule has 0 aliphatic carbocycles. The molecular formula is C15H22N2O3S. The monoisotopic (exact) mass is 310 g/mol. The van der Waals surface area contributed by atoms with E-state index in [-0.39, 0.29) is 16.7 Å². The summed E-state index contributed by atoms with van der Waals surface area (Å²) in [7, 11) is -1.49. The average molecular weight is 310 g/mol. The summed E-state index contributed by atoms with van der Waals surface area (Å²) >= 11 is 0. The van der Waals surface area contributed by atoms with Crippen LogP contribution in [0, 0.1) is 0 Å². The van der Waals surface area contributed by atoms with Crippen LogP contribution in [0.1, 0.15) is 36.5 Å². The zero-order valence-corrected chi connectivity index (χ0v) is 13.3. The summed E-state index contributed by atoms with van der Waals surface area (Å²) in [6, 6.07) is 6.30. The summed E-state index contributed by atoms with van der Waals surface area (Å²) in [4.78, 5) is 13.6. The fourth-order valence-corrected chi connectivity index (χ4v) is 3.63. The van der Waals surface area contributed by atoms with Gasteiger partial charge >= 0.3 is 0 Å². The number of likely N-dealkylation sites (N-methyl/N-ethyl adjacent to an activating group) is 1. The van der Waals surface area contributed by atoms with E-state index in [1.54, 1.807) is 12.1 Å². The third-order valence-electron chi connectivity index (χ3n) is 4.00. The topological polar surface area (TPSA) is 66.5 Å². The molecule has 1 N–H and O–H groups in total. The molecule has 1 unspecified atom stereocenters. The quantitative estimate of drug-likeness (QED) is 0.840. The van der Waals surface area contributed by atoms with Gasteiger partial charge in [-0.25, -0.2) is 13.1 Å². The summed E-state index contributed by atoms with van der Waals surface area (Å²) < 4.78 is 27.2. The van der Waals surface area contributed by atoms with Crippen molar-refractivity contribution in [3.63, 3.8) is 0 Å². The maximum atomic E-state index is 12.2. The van der Waals surface area contributed by atoms with Gasteiger partial charge in [-0.3, -0.25) is 4.79 Å². The van der Waals surface area contributed by atoms with Crippen molar-refractivity contribution in [2.24, 2.45) is 0 Å². The first kappa shape index (κ1) is 16.1. The van der Waals surface area contributed by atoms with Gasteiger partial charge in [-0.1, -0.05) is 18.6 Å². The number of ketones is 1. The number of sulfonamides is 1. The van der Waals surface area contributed by atoms with Gasteiger partial charge in [0, 0.05) is 18.2 Å². The molecule has 0 radical (unpaired) electrons. The standard InChI is InChI=1S/C15H22N2O3S/c1-12(18)13-6-8-15(9-7-13)21(19,20)16-11-14-5-3-4-10-17(14)2/h6-9,14,16H,3-5,10-11H2,1-2H3. The predicted molar refractivity (Wildman–Crippen MR) is 81.9 cm³/mol. The molecule has 1 aromatic carbocycles. The molecule has 0 aromatic heterocycles. The Hall–Kier alpha value is -1.24. The van der Waals surface area contributed by atoms with Crippen molar-refractivity contribution in [2.75, 3.05) is 20.1 Å². The molecule has 6 heteroatoms. The molecule has 21 heavy (non-hydrogen) atoms. The van der Waals surface area contributed by atoms with Gasteiger partial charge in [-0.2, -0.15) is 0 Å². The lowest BCUT2D eigenvalue weighted by molar-refractivity contribution is 0.101. The Morgan fingerprint density at radius 3 is 2.52 bits per heavy atom. The third kappa shape index (κ3) is 4.12. The number of Topliss-reactive ketones (excluding diaryl/α,β-unsaturated/α-hetero) is 1. The minimum Gasteiger partial charge on any atom is -0.302 e. The number of rotatable bonds is 5. The van der Waals surface area contributed by atoms with Gasteiger partial charge in [-0.05, 0) is 45.5 Å². The SMILES string of the molecule is CC(=O)c1ccc(S(=O)(=O)NCC2CCCCN2C)cc1. The Bertz CT molecular complexity index is 596. The average Bonchev–Trinajstić information content (AvgIpc) is 2.46. The lowest BCUT2D eigenvalue weighted by atomic mass is 10.0. The minimum atomic E-state index is -3.51. The van der Waals surface area contributed by atoms with Crippen molar-refractivity contribution in [2.45, 2.75) is 37.1 Å². The van der Waals surface area contributed by atoms with Crippen LogP contribution in [0.5, 0.6) is 0 Å². The van der Waals surface area contributed by atoms with Crippen LogP contribution in [0.4, 0.5) is 0 Å². The van der Waals surface area contributed by atoms with Gasteiger partial charge in [0.15, 0.2) is 5.78 Å². The lowest BCUT2D eigenvalue weighted by Gasteiger charge is -2.32. The number of benzene rings is 1. The highest BCUT2D eigenvalue weighted by Crippen LogP contribution is 2.16. The number of hydrogen-bond donors (Lipinski definition) is 1. The van der Waals surface area contributed by atoms with Crippen molar-refractivity contribution in [3.8, 4) is 0 Å². The third-order valence-corrected chi connectivity index (χ3v) is 5.44. The first-order chi connectivity index (χ1) is 9.90. The highest BCUT2D eigenvalue weighted by Gasteiger charge is 2.22. The second-order valence-corrected chi connectivity index (χ2v) is 7.33. The molecule has 0 spiro atoms. The van der Waals surface area contributed by atoms with Crippen molar-refractivity contribution in [1.82, 2.24) is 9.62 Å². The van der Waals surface area contributed by atoms with Crippen molar-refractivity contribution >= 4 is 15.8 Å². The van der Waals surface area contributed by atoms with Crippen LogP contribution >= 0.6 is 0 Å². The minimum absolute atomic E-state index is 0.0734. The van der Waals surface area contributed by atoms with E-state index in [4.69, 9.17) is 0 Å². The molecule has 5 nitrogen and oxygen atoms in total. The maximum Gasteiger partial charge on any atom is 0.240 e. The second-order valence-electron chi connectivity index (χ2n) is 5.56. The first-order valence-corrected chi connectivity index (χ1v) is 8.69. The van der Waals surface area contributed by atoms with E-state index >= 15 is 0 Å². The van der Waals surface area contributed by atoms with E-state index in [2.05, 4.69) is 9.62 Å². The van der Waals surface area contributed by atoms with Crippen LogP contribution < -0.4 is 4.72 Å². The first-order valence-electron chi connectivity index (χ1n) is 7.21. The Kier molecular flexibility index (Phi) is 5.13. The fraction of sp³-hybridized carbons (Fsp3) is 0.533. The van der Waals surface area contributed by atoms with Crippen molar-refractivity contribution in [3.05, 3.63) is 29.8 Å². The van der Waals surface area contributed by atoms with Gasteiger partial charge in [0.25, 0.3) is 0 Å². The summed E-state index contributed by atoms with van der Waals surface area (Å²) in [5.41, 5.74) is 0.515. The van der Waals surface area contributed by atoms with E-state index in [0.717, 1.165) is 19.4 Å². The molecule has 116 valence electrons. The number of carbonyl (C=O) groups is 1. The molecule has 0 saturated carbocycles. The van der Waals surface area contributed by atoms with Crippen molar-refractivity contribution in [1.29, 1.82) is 0 Å². The second kappa shape index (κ2) is 6.68. The molecule has 1 atom stereocenters. The van der Waals surface area contributed by atoms with E-state index in [1.165, 1.54) is 25.5 Å². The van der Waals surface area contributed by atoms with E-state index in [9.17, 15) is 13.2 Å². The van der Waals surface area contributed by atoms with Gasteiger partial charge in [0.2, 0.25) is 10.0 Å². The predicted octanol–water partition coefficient (Wildman–Crippen LogP) is 1.65. The zero-order chi connectivity index (χ0) is 15.5. The smallest absolute Gasteiger partial charge is 0.240 e. The highest BCUT2D eigenvalue weighted by molar-refractivity contribution is 7.89. The Morgan fingerprint density at radius 2 is 1.95 bits per heavy atom. The Morgan fingerprint density at radius 1 is 1.29 bits per heavy atom. The maximum absolute atomic E-state index is 12.2. The molecule has 1 aliphatic rings. The molecule has 1 saturated heterocycles. The van der Waals surface area contributed by atoms with Crippen LogP contribution in [0.25, 0.3) is 0 Å². The molecule has 2 rings (SSSR count). The van der Waals surface area contributed by atoms with E-state index in [1.807, 2.05) is 7.05 Å². The molecule has 1 aliphatic heterocycles. The number of nitrogens with one attached hydrogen (secondary N) is 1. The molecule has 0 amide bonds. The highest BCUT2D eigenvalue weighted by atomic mass is 32.2. The Balaban J connectivity index is 2.02. The van der Waals surface area contributed by atoms with Gasteiger partial charge in [0.1, 0.15) is 0 Å². The summed E-state index contributed by atoms with van der Waals surface area (Å²) in [6.07, 6.45) is 3.33. The number of nitrogens with zero attached hydrogens (tertiary/aromatic N) is 1. The van der Waals surface area contributed by atoms with Crippen LogP contribution in [-0.4, -0.2) is 45.3 Å². The number of carbonyl (C=O) groups excluding carboxylic acids is 1. The number of hydrogen-bond acceptors (Lipinski definition) is 4. The molecule has 1 heterocycles. The van der Waals surface area contributed by atoms with Crippen LogP contribution in [0.2, 0.25) is 0 Å². The molecule has 0 bridgehead atoms. The molecule has 1 aromatic rings. The normalized spacial score (nSPS) is 20.4. The van der Waals surface area contributed by atoms with Crippen LogP contribution in [0.3, 0.4) is 0 Å². The fourth-order valence-electron chi connectivity index (χ4n) is 2.56. The van der Waals surface area contributed by atoms with Crippen LogP contribution in [0.15, 0.2) is 29.2 Å². The van der Waals surface area contributed by atoms with E-state index in [0.29, 0.717) is 12.1 Å². The van der Waals surface area contributed by atoms with Gasteiger partial charge < -0.3 is 4.90 Å². The molecule has 1 fully saturated rings. The summed E-state index contributed by atoms with van der Waals surface area (Å²) in [5.74, 6) is -0.0734. The van der Waals surface area contributed by atoms with Gasteiger partial charge in [-0.15, -0.1) is 0 Å².